The molecular formula is C17H12N6O2S. The van der Waals surface area contributed by atoms with Gasteiger partial charge in [0.25, 0.3) is 5.69 Å². The van der Waals surface area contributed by atoms with E-state index in [0.29, 0.717) is 16.6 Å². The molecule has 9 heteroatoms. The van der Waals surface area contributed by atoms with E-state index in [4.69, 9.17) is 0 Å². The zero-order valence-corrected chi connectivity index (χ0v) is 14.2. The van der Waals surface area contributed by atoms with Gasteiger partial charge >= 0.3 is 0 Å². The van der Waals surface area contributed by atoms with Crippen molar-refractivity contribution in [3.8, 4) is 11.3 Å². The number of rotatable bonds is 5. The van der Waals surface area contributed by atoms with Crippen LogP contribution in [0.1, 0.15) is 5.56 Å². The van der Waals surface area contributed by atoms with E-state index in [-0.39, 0.29) is 5.69 Å². The Balaban J connectivity index is 1.57. The fourth-order valence-corrected chi connectivity index (χ4v) is 3.23. The summed E-state index contributed by atoms with van der Waals surface area (Å²) in [4.78, 5) is 14.4. The van der Waals surface area contributed by atoms with E-state index in [1.54, 1.807) is 29.0 Å². The van der Waals surface area contributed by atoms with Gasteiger partial charge in [0, 0.05) is 35.8 Å². The quantitative estimate of drug-likeness (QED) is 0.304. The van der Waals surface area contributed by atoms with Crippen LogP contribution in [0.25, 0.3) is 16.9 Å². The van der Waals surface area contributed by atoms with Crippen LogP contribution in [0.3, 0.4) is 0 Å². The highest BCUT2D eigenvalue weighted by molar-refractivity contribution is 7.98. The minimum Gasteiger partial charge on any atom is -0.264 e. The van der Waals surface area contributed by atoms with Crippen LogP contribution in [0.15, 0.2) is 66.1 Å². The van der Waals surface area contributed by atoms with Crippen molar-refractivity contribution in [3.05, 3.63) is 76.6 Å². The number of non-ortho nitro benzene ring substituents is 1. The van der Waals surface area contributed by atoms with Gasteiger partial charge in [-0.15, -0.1) is 10.2 Å². The van der Waals surface area contributed by atoms with E-state index in [9.17, 15) is 10.1 Å². The first-order valence-electron chi connectivity index (χ1n) is 7.70. The van der Waals surface area contributed by atoms with Crippen molar-refractivity contribution in [1.82, 2.24) is 24.8 Å². The molecule has 0 bridgehead atoms. The highest BCUT2D eigenvalue weighted by atomic mass is 32.2. The maximum atomic E-state index is 10.7. The number of aromatic nitrogens is 5. The summed E-state index contributed by atoms with van der Waals surface area (Å²) in [6, 6.07) is 14.0. The number of nitrogens with zero attached hydrogens (tertiary/aromatic N) is 6. The van der Waals surface area contributed by atoms with Crippen LogP contribution in [-0.4, -0.2) is 29.7 Å². The van der Waals surface area contributed by atoms with Crippen molar-refractivity contribution in [2.24, 2.45) is 0 Å². The van der Waals surface area contributed by atoms with E-state index in [2.05, 4.69) is 20.3 Å². The van der Waals surface area contributed by atoms with E-state index < -0.39 is 4.92 Å². The molecule has 0 unspecified atom stereocenters. The Morgan fingerprint density at radius 2 is 1.92 bits per heavy atom. The Morgan fingerprint density at radius 3 is 2.65 bits per heavy atom. The maximum Gasteiger partial charge on any atom is 0.269 e. The molecule has 0 amide bonds. The lowest BCUT2D eigenvalue weighted by Crippen LogP contribution is -1.97. The van der Waals surface area contributed by atoms with E-state index in [0.717, 1.165) is 16.8 Å². The first-order valence-corrected chi connectivity index (χ1v) is 8.68. The lowest BCUT2D eigenvalue weighted by Gasteiger charge is -2.03. The van der Waals surface area contributed by atoms with Crippen molar-refractivity contribution in [3.63, 3.8) is 0 Å². The molecule has 0 saturated heterocycles. The summed E-state index contributed by atoms with van der Waals surface area (Å²) >= 11 is 1.47. The van der Waals surface area contributed by atoms with Crippen LogP contribution >= 0.6 is 11.8 Å². The molecule has 0 aliphatic rings. The van der Waals surface area contributed by atoms with E-state index >= 15 is 0 Å². The second-order valence-corrected chi connectivity index (χ2v) is 6.37. The third-order valence-electron chi connectivity index (χ3n) is 3.71. The normalized spacial score (nSPS) is 10.9. The summed E-state index contributed by atoms with van der Waals surface area (Å²) in [6.45, 7) is 0. The zero-order chi connectivity index (χ0) is 17.9. The van der Waals surface area contributed by atoms with Crippen molar-refractivity contribution in [1.29, 1.82) is 0 Å². The van der Waals surface area contributed by atoms with Gasteiger partial charge < -0.3 is 0 Å². The largest absolute Gasteiger partial charge is 0.269 e. The molecule has 0 spiro atoms. The molecule has 0 saturated carbocycles. The third kappa shape index (κ3) is 3.24. The van der Waals surface area contributed by atoms with Gasteiger partial charge in [-0.1, -0.05) is 23.9 Å². The standard InChI is InChI=1S/C17H12N6O2S/c24-23(25)14-5-3-12(4-6-14)11-26-17-20-19-16-8-7-15(21-22(16)17)13-2-1-9-18-10-13/h1-10H,11H2. The molecule has 26 heavy (non-hydrogen) atoms. The van der Waals surface area contributed by atoms with Gasteiger partial charge in [0.2, 0.25) is 5.16 Å². The average molecular weight is 364 g/mol. The summed E-state index contributed by atoms with van der Waals surface area (Å²) in [7, 11) is 0. The van der Waals surface area contributed by atoms with Crippen molar-refractivity contribution in [2.75, 3.05) is 0 Å². The molecule has 3 aromatic heterocycles. The van der Waals surface area contributed by atoms with Crippen molar-refractivity contribution < 1.29 is 4.92 Å². The predicted octanol–water partition coefficient (Wildman–Crippen LogP) is 3.39. The Kier molecular flexibility index (Phi) is 4.28. The minimum atomic E-state index is -0.410. The molecule has 0 aliphatic carbocycles. The third-order valence-corrected chi connectivity index (χ3v) is 4.70. The predicted molar refractivity (Wildman–Crippen MR) is 96.7 cm³/mol. The SMILES string of the molecule is O=[N+]([O-])c1ccc(CSc2nnc3ccc(-c4cccnc4)nn23)cc1. The maximum absolute atomic E-state index is 10.7. The molecule has 0 fully saturated rings. The van der Waals surface area contributed by atoms with Crippen LogP contribution in [0.2, 0.25) is 0 Å². The lowest BCUT2D eigenvalue weighted by atomic mass is 10.2. The fraction of sp³-hybridized carbons (Fsp3) is 0.0588. The van der Waals surface area contributed by atoms with Gasteiger partial charge in [0.15, 0.2) is 5.65 Å². The lowest BCUT2D eigenvalue weighted by molar-refractivity contribution is -0.384. The van der Waals surface area contributed by atoms with E-state index in [1.165, 1.54) is 23.9 Å². The summed E-state index contributed by atoms with van der Waals surface area (Å²) in [5.41, 5.74) is 3.39. The molecule has 0 radical (unpaired) electrons. The molecule has 1 aromatic carbocycles. The Hall–Kier alpha value is -3.33. The number of fused-ring (bicyclic) bond motifs is 1. The van der Waals surface area contributed by atoms with Gasteiger partial charge in [-0.3, -0.25) is 15.1 Å². The molecule has 3 heterocycles. The highest BCUT2D eigenvalue weighted by Crippen LogP contribution is 2.24. The number of nitro benzene ring substituents is 1. The fourth-order valence-electron chi connectivity index (χ4n) is 2.39. The van der Waals surface area contributed by atoms with Crippen molar-refractivity contribution in [2.45, 2.75) is 10.9 Å². The Morgan fingerprint density at radius 1 is 1.08 bits per heavy atom. The molecule has 128 valence electrons. The number of thioether (sulfide) groups is 1. The average Bonchev–Trinajstić information content (AvgIpc) is 3.09. The van der Waals surface area contributed by atoms with Crippen LogP contribution < -0.4 is 0 Å². The molecule has 0 N–H and O–H groups in total. The highest BCUT2D eigenvalue weighted by Gasteiger charge is 2.10. The van der Waals surface area contributed by atoms with Crippen molar-refractivity contribution >= 4 is 23.1 Å². The van der Waals surface area contributed by atoms with Crippen LogP contribution in [0.4, 0.5) is 5.69 Å². The van der Waals surface area contributed by atoms with Gasteiger partial charge in [-0.25, -0.2) is 0 Å². The molecular weight excluding hydrogens is 352 g/mol. The Labute approximate surface area is 152 Å². The molecule has 0 atom stereocenters. The molecule has 4 rings (SSSR count). The van der Waals surface area contributed by atoms with E-state index in [1.807, 2.05) is 24.3 Å². The number of pyridine rings is 1. The summed E-state index contributed by atoms with van der Waals surface area (Å²) in [5.74, 6) is 0.609. The van der Waals surface area contributed by atoms with Gasteiger partial charge in [0.05, 0.1) is 10.6 Å². The molecule has 4 aromatic rings. The number of hydrogen-bond acceptors (Lipinski definition) is 7. The number of benzene rings is 1. The summed E-state index contributed by atoms with van der Waals surface area (Å²) in [5, 5.41) is 24.3. The van der Waals surface area contributed by atoms with Gasteiger partial charge in [0.1, 0.15) is 0 Å². The smallest absolute Gasteiger partial charge is 0.264 e. The first kappa shape index (κ1) is 16.2. The zero-order valence-electron chi connectivity index (χ0n) is 13.4. The summed E-state index contributed by atoms with van der Waals surface area (Å²) < 4.78 is 1.69. The van der Waals surface area contributed by atoms with Gasteiger partial charge in [-0.05, 0) is 29.8 Å². The second kappa shape index (κ2) is 6.89. The second-order valence-electron chi connectivity index (χ2n) is 5.43. The first-order chi connectivity index (χ1) is 12.7. The van der Waals surface area contributed by atoms with Crippen LogP contribution in [-0.2, 0) is 5.75 Å². The number of nitro groups is 1. The minimum absolute atomic E-state index is 0.0782. The molecule has 8 nitrogen and oxygen atoms in total. The van der Waals surface area contributed by atoms with Crippen LogP contribution in [0, 0.1) is 10.1 Å². The monoisotopic (exact) mass is 364 g/mol. The topological polar surface area (TPSA) is 99.1 Å². The molecule has 0 aliphatic heterocycles. The van der Waals surface area contributed by atoms with Gasteiger partial charge in [-0.2, -0.15) is 9.61 Å². The number of hydrogen-bond donors (Lipinski definition) is 0. The Bertz CT molecular complexity index is 1070. The van der Waals surface area contributed by atoms with Crippen LogP contribution in [0.5, 0.6) is 0 Å². The summed E-state index contributed by atoms with van der Waals surface area (Å²) in [6.07, 6.45) is 3.47.